The Bertz CT molecular complexity index is 1180. The zero-order chi connectivity index (χ0) is 20.6. The minimum absolute atomic E-state index is 0.0432. The monoisotopic (exact) mass is 452 g/mol. The van der Waals surface area contributed by atoms with Crippen LogP contribution in [0.2, 0.25) is 5.02 Å². The number of nitrogens with one attached hydrogen (secondary N) is 1. The molecule has 11 heteroatoms. The van der Waals surface area contributed by atoms with Crippen LogP contribution in [0.25, 0.3) is 5.69 Å². The number of aromatic amines is 1. The van der Waals surface area contributed by atoms with E-state index in [-0.39, 0.29) is 5.92 Å². The Morgan fingerprint density at radius 2 is 2.14 bits per heavy atom. The molecule has 8 nitrogen and oxygen atoms in total. The van der Waals surface area contributed by atoms with Crippen molar-refractivity contribution in [3.8, 4) is 5.69 Å². The molecule has 0 saturated carbocycles. The summed E-state index contributed by atoms with van der Waals surface area (Å²) in [5, 5.41) is 12.4. The lowest BCUT2D eigenvalue weighted by molar-refractivity contribution is 0.309. The lowest BCUT2D eigenvalue weighted by atomic mass is 9.99. The SMILES string of the molecule is CS(=O)(=O)N1CCC[C@H](c2n[nH]c(=S)n2-c2cnn(Cc3ccccc3Cl)c2)C1. The Hall–Kier alpha value is -2.01. The molecule has 0 bridgehead atoms. The molecule has 3 aromatic rings. The van der Waals surface area contributed by atoms with Crippen LogP contribution in [0, 0.1) is 4.77 Å². The van der Waals surface area contributed by atoms with Crippen molar-refractivity contribution in [1.82, 2.24) is 28.9 Å². The van der Waals surface area contributed by atoms with E-state index in [1.54, 1.807) is 10.9 Å². The number of sulfonamides is 1. The first-order valence-electron chi connectivity index (χ1n) is 9.21. The molecule has 2 aromatic heterocycles. The van der Waals surface area contributed by atoms with E-state index in [0.29, 0.717) is 29.4 Å². The fourth-order valence-corrected chi connectivity index (χ4v) is 4.99. The van der Waals surface area contributed by atoms with Crippen LogP contribution in [0.4, 0.5) is 0 Å². The van der Waals surface area contributed by atoms with Crippen molar-refractivity contribution < 1.29 is 8.42 Å². The second-order valence-electron chi connectivity index (χ2n) is 7.17. The molecular weight excluding hydrogens is 432 g/mol. The standard InChI is InChI=1S/C18H21ClN6O2S2/c1-29(26,27)24-8-4-6-14(11-24)17-21-22-18(28)25(17)15-9-20-23(12-15)10-13-5-2-3-7-16(13)19/h2-3,5,7,9,12,14H,4,6,8,10-11H2,1H3,(H,22,28)/t14-/m0/s1. The molecule has 0 aliphatic carbocycles. The highest BCUT2D eigenvalue weighted by atomic mass is 35.5. The summed E-state index contributed by atoms with van der Waals surface area (Å²) in [6, 6.07) is 7.64. The number of piperidine rings is 1. The molecule has 0 unspecified atom stereocenters. The molecule has 29 heavy (non-hydrogen) atoms. The molecule has 1 fully saturated rings. The predicted octanol–water partition coefficient (Wildman–Crippen LogP) is 2.97. The molecule has 0 amide bonds. The van der Waals surface area contributed by atoms with Gasteiger partial charge in [0.05, 0.1) is 24.7 Å². The first-order chi connectivity index (χ1) is 13.8. The van der Waals surface area contributed by atoms with Crippen LogP contribution in [-0.2, 0) is 16.6 Å². The fraction of sp³-hybridized carbons (Fsp3) is 0.389. The number of hydrogen-bond donors (Lipinski definition) is 1. The Labute approximate surface area is 179 Å². The van der Waals surface area contributed by atoms with Crippen molar-refractivity contribution in [3.05, 3.63) is 57.8 Å². The van der Waals surface area contributed by atoms with E-state index >= 15 is 0 Å². The summed E-state index contributed by atoms with van der Waals surface area (Å²) >= 11 is 11.7. The van der Waals surface area contributed by atoms with Gasteiger partial charge in [0.25, 0.3) is 0 Å². The number of hydrogen-bond acceptors (Lipinski definition) is 5. The maximum atomic E-state index is 12.0. The van der Waals surface area contributed by atoms with Crippen LogP contribution in [0.3, 0.4) is 0 Å². The van der Waals surface area contributed by atoms with Crippen LogP contribution in [0.15, 0.2) is 36.7 Å². The number of rotatable bonds is 5. The van der Waals surface area contributed by atoms with Crippen LogP contribution < -0.4 is 0 Å². The molecular formula is C18H21ClN6O2S2. The second kappa shape index (κ2) is 8.02. The van der Waals surface area contributed by atoms with Crippen LogP contribution in [0.1, 0.15) is 30.1 Å². The van der Waals surface area contributed by atoms with Crippen LogP contribution in [-0.4, -0.2) is 56.6 Å². The quantitative estimate of drug-likeness (QED) is 0.601. The van der Waals surface area contributed by atoms with E-state index in [9.17, 15) is 8.42 Å². The van der Waals surface area contributed by atoms with Gasteiger partial charge in [0.15, 0.2) is 4.77 Å². The van der Waals surface area contributed by atoms with E-state index < -0.39 is 10.0 Å². The van der Waals surface area contributed by atoms with Gasteiger partial charge in [-0.15, -0.1) is 0 Å². The maximum Gasteiger partial charge on any atom is 0.211 e. The average Bonchev–Trinajstić information content (AvgIpc) is 3.29. The van der Waals surface area contributed by atoms with Crippen molar-refractivity contribution >= 4 is 33.8 Å². The first kappa shape index (κ1) is 20.3. The molecule has 1 atom stereocenters. The van der Waals surface area contributed by atoms with Crippen molar-refractivity contribution in [3.63, 3.8) is 0 Å². The van der Waals surface area contributed by atoms with Crippen molar-refractivity contribution in [2.45, 2.75) is 25.3 Å². The summed E-state index contributed by atoms with van der Waals surface area (Å²) in [5.41, 5.74) is 1.75. The normalized spacial score (nSPS) is 18.2. The third kappa shape index (κ3) is 4.30. The van der Waals surface area contributed by atoms with Crippen LogP contribution >= 0.6 is 23.8 Å². The van der Waals surface area contributed by atoms with E-state index in [2.05, 4.69) is 15.3 Å². The summed E-state index contributed by atoms with van der Waals surface area (Å²) < 4.78 is 29.5. The van der Waals surface area contributed by atoms with Gasteiger partial charge in [0, 0.05) is 30.2 Å². The molecule has 1 saturated heterocycles. The zero-order valence-electron chi connectivity index (χ0n) is 15.8. The molecule has 0 spiro atoms. The van der Waals surface area contributed by atoms with Gasteiger partial charge in [-0.25, -0.2) is 12.7 Å². The number of halogens is 1. The molecule has 3 heterocycles. The smallest absolute Gasteiger partial charge is 0.211 e. The number of aromatic nitrogens is 5. The molecule has 1 aromatic carbocycles. The topological polar surface area (TPSA) is 88.8 Å². The maximum absolute atomic E-state index is 12.0. The minimum atomic E-state index is -3.24. The Morgan fingerprint density at radius 1 is 1.34 bits per heavy atom. The summed E-state index contributed by atoms with van der Waals surface area (Å²) in [5.74, 6) is 0.680. The molecule has 0 radical (unpaired) electrons. The molecule has 154 valence electrons. The summed E-state index contributed by atoms with van der Waals surface area (Å²) in [6.45, 7) is 1.47. The van der Waals surface area contributed by atoms with Gasteiger partial charge < -0.3 is 0 Å². The highest BCUT2D eigenvalue weighted by Crippen LogP contribution is 2.28. The van der Waals surface area contributed by atoms with Crippen molar-refractivity contribution in [2.75, 3.05) is 19.3 Å². The molecule has 1 aliphatic heterocycles. The largest absolute Gasteiger partial charge is 0.269 e. The highest BCUT2D eigenvalue weighted by Gasteiger charge is 2.30. The van der Waals surface area contributed by atoms with E-state index in [4.69, 9.17) is 23.8 Å². The molecule has 4 rings (SSSR count). The summed E-state index contributed by atoms with van der Waals surface area (Å²) in [4.78, 5) is 0. The Kier molecular flexibility index (Phi) is 5.60. The third-order valence-electron chi connectivity index (χ3n) is 5.08. The highest BCUT2D eigenvalue weighted by molar-refractivity contribution is 7.88. The van der Waals surface area contributed by atoms with Gasteiger partial charge in [-0.3, -0.25) is 14.3 Å². The second-order valence-corrected chi connectivity index (χ2v) is 9.95. The van der Waals surface area contributed by atoms with E-state index in [1.165, 1.54) is 10.6 Å². The number of benzene rings is 1. The Morgan fingerprint density at radius 3 is 2.90 bits per heavy atom. The zero-order valence-corrected chi connectivity index (χ0v) is 18.2. The van der Waals surface area contributed by atoms with E-state index in [0.717, 1.165) is 29.9 Å². The molecule has 1 N–H and O–H groups in total. The minimum Gasteiger partial charge on any atom is -0.269 e. The van der Waals surface area contributed by atoms with Gasteiger partial charge in [-0.2, -0.15) is 10.2 Å². The van der Waals surface area contributed by atoms with Gasteiger partial charge in [0.2, 0.25) is 10.0 Å². The lowest BCUT2D eigenvalue weighted by Gasteiger charge is -2.30. The fourth-order valence-electron chi connectivity index (χ4n) is 3.64. The first-order valence-corrected chi connectivity index (χ1v) is 11.8. The van der Waals surface area contributed by atoms with Gasteiger partial charge in [0.1, 0.15) is 5.82 Å². The van der Waals surface area contributed by atoms with Crippen LogP contribution in [0.5, 0.6) is 0 Å². The van der Waals surface area contributed by atoms with Gasteiger partial charge in [-0.1, -0.05) is 29.8 Å². The Balaban J connectivity index is 1.62. The van der Waals surface area contributed by atoms with Crippen molar-refractivity contribution in [2.24, 2.45) is 0 Å². The van der Waals surface area contributed by atoms with E-state index in [1.807, 2.05) is 35.0 Å². The average molecular weight is 453 g/mol. The molecule has 1 aliphatic rings. The number of nitrogens with zero attached hydrogens (tertiary/aromatic N) is 5. The predicted molar refractivity (Wildman–Crippen MR) is 113 cm³/mol. The van der Waals surface area contributed by atoms with Gasteiger partial charge in [-0.05, 0) is 36.7 Å². The summed E-state index contributed by atoms with van der Waals surface area (Å²) in [7, 11) is -3.24. The van der Waals surface area contributed by atoms with Crippen molar-refractivity contribution in [1.29, 1.82) is 0 Å². The third-order valence-corrected chi connectivity index (χ3v) is 7.00. The summed E-state index contributed by atoms with van der Waals surface area (Å²) in [6.07, 6.45) is 6.48. The lowest BCUT2D eigenvalue weighted by Crippen LogP contribution is -2.39. The van der Waals surface area contributed by atoms with Gasteiger partial charge >= 0.3 is 0 Å². The number of H-pyrrole nitrogens is 1.